The lowest BCUT2D eigenvalue weighted by molar-refractivity contribution is -0.140. The lowest BCUT2D eigenvalue weighted by Gasteiger charge is -2.25. The maximum atomic E-state index is 13.6. The van der Waals surface area contributed by atoms with Gasteiger partial charge in [0.25, 0.3) is 11.7 Å². The van der Waals surface area contributed by atoms with E-state index in [0.29, 0.717) is 17.5 Å². The summed E-state index contributed by atoms with van der Waals surface area (Å²) in [5, 5.41) is 11.2. The second-order valence-electron chi connectivity index (χ2n) is 8.29. The zero-order valence-electron chi connectivity index (χ0n) is 17.9. The van der Waals surface area contributed by atoms with E-state index in [1.165, 1.54) is 29.2 Å². The first-order chi connectivity index (χ1) is 15.9. The summed E-state index contributed by atoms with van der Waals surface area (Å²) in [6.45, 7) is 2.07. The van der Waals surface area contributed by atoms with Crippen molar-refractivity contribution < 1.29 is 23.8 Å². The van der Waals surface area contributed by atoms with Crippen LogP contribution in [0.2, 0.25) is 0 Å². The predicted octanol–water partition coefficient (Wildman–Crippen LogP) is 4.17. The molecule has 2 aromatic carbocycles. The first kappa shape index (κ1) is 20.9. The number of fused-ring (bicyclic) bond motifs is 1. The Morgan fingerprint density at radius 3 is 2.70 bits per heavy atom. The van der Waals surface area contributed by atoms with Crippen LogP contribution in [-0.4, -0.2) is 32.8 Å². The van der Waals surface area contributed by atoms with Crippen molar-refractivity contribution in [3.05, 3.63) is 101 Å². The van der Waals surface area contributed by atoms with Crippen molar-refractivity contribution >= 4 is 17.4 Å². The molecule has 1 N–H and O–H groups in total. The van der Waals surface area contributed by atoms with Gasteiger partial charge >= 0.3 is 0 Å². The second kappa shape index (κ2) is 8.16. The van der Waals surface area contributed by atoms with Crippen molar-refractivity contribution in [3.63, 3.8) is 0 Å². The Bertz CT molecular complexity index is 1270. The summed E-state index contributed by atoms with van der Waals surface area (Å²) in [6, 6.07) is 13.5. The Hall–Kier alpha value is -4.00. The quantitative estimate of drug-likeness (QED) is 0.371. The number of pyridine rings is 1. The van der Waals surface area contributed by atoms with Gasteiger partial charge in [-0.25, -0.2) is 4.39 Å². The van der Waals surface area contributed by atoms with Crippen LogP contribution >= 0.6 is 0 Å². The molecule has 0 saturated carbocycles. The van der Waals surface area contributed by atoms with Crippen LogP contribution < -0.4 is 4.74 Å². The number of likely N-dealkylation sites (tertiary alicyclic amines) is 1. The molecule has 6 nitrogen and oxygen atoms in total. The van der Waals surface area contributed by atoms with E-state index in [-0.39, 0.29) is 24.0 Å². The van der Waals surface area contributed by atoms with Crippen LogP contribution in [0.4, 0.5) is 4.39 Å². The number of halogens is 1. The zero-order valence-corrected chi connectivity index (χ0v) is 17.9. The third-order valence-electron chi connectivity index (χ3n) is 5.97. The number of ketones is 1. The lowest BCUT2D eigenvalue weighted by atomic mass is 9.94. The highest BCUT2D eigenvalue weighted by Crippen LogP contribution is 2.41. The lowest BCUT2D eigenvalue weighted by Crippen LogP contribution is -2.29. The number of carbonyl (C=O) groups is 2. The number of nitrogens with zero attached hydrogens (tertiary/aromatic N) is 2. The number of Topliss-reactive ketones (excluding diaryl/α,β-unsaturated/α-hetero) is 1. The molecule has 0 radical (unpaired) electrons. The van der Waals surface area contributed by atoms with Crippen LogP contribution in [0.25, 0.3) is 5.76 Å². The Morgan fingerprint density at radius 2 is 1.97 bits per heavy atom. The average molecular weight is 444 g/mol. The Kier molecular flexibility index (Phi) is 5.17. The molecular formula is C26H21FN2O4. The van der Waals surface area contributed by atoms with Gasteiger partial charge < -0.3 is 14.7 Å². The number of ether oxygens (including phenoxy) is 1. The highest BCUT2D eigenvalue weighted by Gasteiger charge is 2.46. The van der Waals surface area contributed by atoms with E-state index >= 15 is 0 Å². The maximum Gasteiger partial charge on any atom is 0.295 e. The first-order valence-electron chi connectivity index (χ1n) is 10.6. The Balaban J connectivity index is 1.62. The van der Waals surface area contributed by atoms with E-state index in [1.807, 2.05) is 6.92 Å². The summed E-state index contributed by atoms with van der Waals surface area (Å²) in [6.07, 6.45) is 3.95. The van der Waals surface area contributed by atoms with E-state index in [4.69, 9.17) is 4.74 Å². The molecule has 166 valence electrons. The summed E-state index contributed by atoms with van der Waals surface area (Å²) in [4.78, 5) is 31.6. The normalized spacial score (nSPS) is 21.2. The number of hydrogen-bond acceptors (Lipinski definition) is 5. The molecule has 1 saturated heterocycles. The molecule has 5 rings (SSSR count). The van der Waals surface area contributed by atoms with Crippen LogP contribution in [0.3, 0.4) is 0 Å². The van der Waals surface area contributed by atoms with Gasteiger partial charge in [-0.1, -0.05) is 18.2 Å². The van der Waals surface area contributed by atoms with Crippen LogP contribution in [-0.2, 0) is 22.6 Å². The van der Waals surface area contributed by atoms with Crippen LogP contribution in [0.5, 0.6) is 5.75 Å². The van der Waals surface area contributed by atoms with E-state index in [2.05, 4.69) is 4.98 Å². The monoisotopic (exact) mass is 444 g/mol. The molecule has 3 aromatic rings. The van der Waals surface area contributed by atoms with Gasteiger partial charge in [0.05, 0.1) is 11.6 Å². The molecule has 2 aliphatic rings. The van der Waals surface area contributed by atoms with Crippen LogP contribution in [0.15, 0.2) is 72.6 Å². The van der Waals surface area contributed by atoms with Gasteiger partial charge in [-0.05, 0) is 60.0 Å². The molecule has 2 atom stereocenters. The molecule has 1 aromatic heterocycles. The Morgan fingerprint density at radius 1 is 1.18 bits per heavy atom. The molecular weight excluding hydrogens is 423 g/mol. The third kappa shape index (κ3) is 3.75. The summed E-state index contributed by atoms with van der Waals surface area (Å²) in [7, 11) is 0. The van der Waals surface area contributed by atoms with Crippen molar-refractivity contribution in [1.29, 1.82) is 0 Å². The molecule has 2 aliphatic heterocycles. The number of hydrogen-bond donors (Lipinski definition) is 1. The molecule has 1 amide bonds. The predicted molar refractivity (Wildman–Crippen MR) is 119 cm³/mol. The number of benzene rings is 2. The van der Waals surface area contributed by atoms with Gasteiger partial charge in [-0.15, -0.1) is 0 Å². The molecule has 1 fully saturated rings. The molecule has 0 aliphatic carbocycles. The van der Waals surface area contributed by atoms with Gasteiger partial charge in [0.1, 0.15) is 23.4 Å². The number of aliphatic hydroxyl groups is 1. The van der Waals surface area contributed by atoms with Crippen molar-refractivity contribution in [2.45, 2.75) is 32.0 Å². The second-order valence-corrected chi connectivity index (χ2v) is 8.29. The SMILES string of the molecule is CC1Cc2cc(/C(O)=C3/C(=O)C(=O)N(Cc4cccnc4)C3c3ccc(F)cc3)ccc2O1. The first-order valence-corrected chi connectivity index (χ1v) is 10.6. The van der Waals surface area contributed by atoms with Crippen molar-refractivity contribution in [2.75, 3.05) is 0 Å². The van der Waals surface area contributed by atoms with Crippen molar-refractivity contribution in [2.24, 2.45) is 0 Å². The van der Waals surface area contributed by atoms with E-state index < -0.39 is 23.5 Å². The minimum absolute atomic E-state index is 0.0255. The summed E-state index contributed by atoms with van der Waals surface area (Å²) in [5.74, 6) is -1.47. The van der Waals surface area contributed by atoms with Gasteiger partial charge in [-0.3, -0.25) is 14.6 Å². The number of aromatic nitrogens is 1. The fourth-order valence-electron chi connectivity index (χ4n) is 4.45. The largest absolute Gasteiger partial charge is 0.507 e. The summed E-state index contributed by atoms with van der Waals surface area (Å²) < 4.78 is 19.3. The topological polar surface area (TPSA) is 79.7 Å². The maximum absolute atomic E-state index is 13.6. The van der Waals surface area contributed by atoms with E-state index in [0.717, 1.165) is 16.9 Å². The molecule has 0 spiro atoms. The number of carbonyl (C=O) groups excluding carboxylic acids is 2. The Labute approximate surface area is 190 Å². The molecule has 7 heteroatoms. The zero-order chi connectivity index (χ0) is 23.1. The average Bonchev–Trinajstić information content (AvgIpc) is 3.31. The van der Waals surface area contributed by atoms with Gasteiger partial charge in [0, 0.05) is 30.9 Å². The van der Waals surface area contributed by atoms with Gasteiger partial charge in [0.2, 0.25) is 0 Å². The van der Waals surface area contributed by atoms with Crippen molar-refractivity contribution in [3.8, 4) is 5.75 Å². The van der Waals surface area contributed by atoms with Crippen LogP contribution in [0, 0.1) is 5.82 Å². The fraction of sp³-hybridized carbons (Fsp3) is 0.192. The molecule has 3 heterocycles. The summed E-state index contributed by atoms with van der Waals surface area (Å²) >= 11 is 0. The smallest absolute Gasteiger partial charge is 0.295 e. The van der Waals surface area contributed by atoms with Crippen LogP contribution in [0.1, 0.15) is 35.2 Å². The highest BCUT2D eigenvalue weighted by molar-refractivity contribution is 6.46. The highest BCUT2D eigenvalue weighted by atomic mass is 19.1. The van der Waals surface area contributed by atoms with E-state index in [1.54, 1.807) is 42.7 Å². The number of aliphatic hydroxyl groups excluding tert-OH is 1. The summed E-state index contributed by atoms with van der Waals surface area (Å²) in [5.41, 5.74) is 2.59. The molecule has 33 heavy (non-hydrogen) atoms. The van der Waals surface area contributed by atoms with Gasteiger partial charge in [0.15, 0.2) is 0 Å². The number of amides is 1. The minimum atomic E-state index is -0.866. The molecule has 2 unspecified atom stereocenters. The third-order valence-corrected chi connectivity index (χ3v) is 5.97. The standard InChI is InChI=1S/C26H21FN2O4/c1-15-11-19-12-18(6-9-21(19)33-15)24(30)22-23(17-4-7-20(27)8-5-17)29(26(32)25(22)31)14-16-3-2-10-28-13-16/h2-10,12-13,15,23,30H,11,14H2,1H3/b24-22-. The van der Waals surface area contributed by atoms with E-state index in [9.17, 15) is 19.1 Å². The fourth-order valence-corrected chi connectivity index (χ4v) is 4.45. The minimum Gasteiger partial charge on any atom is -0.507 e. The van der Waals surface area contributed by atoms with Gasteiger partial charge in [-0.2, -0.15) is 0 Å². The molecule has 0 bridgehead atoms. The number of rotatable bonds is 4. The van der Waals surface area contributed by atoms with Crippen molar-refractivity contribution in [1.82, 2.24) is 9.88 Å².